The van der Waals surface area contributed by atoms with E-state index in [2.05, 4.69) is 44.9 Å². The summed E-state index contributed by atoms with van der Waals surface area (Å²) in [6.45, 7) is 0. The average molecular weight is 339 g/mol. The fourth-order valence-corrected chi connectivity index (χ4v) is 3.21. The topological polar surface area (TPSA) is 47.3 Å². The Morgan fingerprint density at radius 2 is 2.16 bits per heavy atom. The van der Waals surface area contributed by atoms with Crippen LogP contribution in [-0.2, 0) is 0 Å². The highest BCUT2D eigenvalue weighted by molar-refractivity contribution is 9.11. The molecule has 0 amide bonds. The highest BCUT2D eigenvalue weighted by Crippen LogP contribution is 2.32. The normalized spacial score (nSPS) is 16.3. The number of ether oxygens (including phenoxy) is 1. The first-order valence-electron chi connectivity index (χ1n) is 6.23. The maximum atomic E-state index is 5.83. The second-order valence-electron chi connectivity index (χ2n) is 4.67. The van der Waals surface area contributed by atoms with Gasteiger partial charge in [-0.05, 0) is 63.5 Å². The number of hydrogen-bond donors (Lipinski definition) is 2. The van der Waals surface area contributed by atoms with Gasteiger partial charge < -0.3 is 4.74 Å². The maximum Gasteiger partial charge on any atom is 0.120 e. The van der Waals surface area contributed by atoms with Gasteiger partial charge in [0.25, 0.3) is 0 Å². The summed E-state index contributed by atoms with van der Waals surface area (Å²) in [6, 6.07) is 10.2. The summed E-state index contributed by atoms with van der Waals surface area (Å²) in [4.78, 5) is 0. The molecule has 1 aromatic carbocycles. The van der Waals surface area contributed by atoms with E-state index in [-0.39, 0.29) is 6.04 Å². The van der Waals surface area contributed by atoms with Crippen LogP contribution in [0.25, 0.3) is 0 Å². The summed E-state index contributed by atoms with van der Waals surface area (Å²) in [5, 5.41) is 2.10. The van der Waals surface area contributed by atoms with Crippen molar-refractivity contribution in [2.45, 2.75) is 25.0 Å². The van der Waals surface area contributed by atoms with E-state index in [0.717, 1.165) is 20.7 Å². The molecule has 1 fully saturated rings. The molecule has 1 aliphatic rings. The Labute approximate surface area is 124 Å². The Morgan fingerprint density at radius 1 is 1.32 bits per heavy atom. The predicted molar refractivity (Wildman–Crippen MR) is 81.3 cm³/mol. The third kappa shape index (κ3) is 3.17. The number of benzene rings is 1. The summed E-state index contributed by atoms with van der Waals surface area (Å²) in [6.07, 6.45) is 2.75. The number of hydrogen-bond acceptors (Lipinski definition) is 4. The minimum atomic E-state index is -0.00898. The molecule has 100 valence electrons. The van der Waals surface area contributed by atoms with Crippen LogP contribution in [0.3, 0.4) is 0 Å². The molecule has 5 heteroatoms. The van der Waals surface area contributed by atoms with Crippen LogP contribution in [0.2, 0.25) is 0 Å². The highest BCUT2D eigenvalue weighted by atomic mass is 79.9. The first-order chi connectivity index (χ1) is 9.26. The summed E-state index contributed by atoms with van der Waals surface area (Å²) in [5.74, 6) is 6.63. The van der Waals surface area contributed by atoms with Crippen molar-refractivity contribution in [3.8, 4) is 5.75 Å². The van der Waals surface area contributed by atoms with E-state index >= 15 is 0 Å². The van der Waals surface area contributed by atoms with Gasteiger partial charge in [-0.1, -0.05) is 12.1 Å². The standard InChI is InChI=1S/C14H15BrN2OS/c15-13-7-10(8-19-13)14(17-16)9-2-1-3-12(6-9)18-11-4-5-11/h1-3,6-8,11,14,17H,4-5,16H2. The molecule has 0 bridgehead atoms. The van der Waals surface area contributed by atoms with E-state index in [1.165, 1.54) is 12.8 Å². The molecule has 19 heavy (non-hydrogen) atoms. The number of nitrogens with two attached hydrogens (primary N) is 1. The van der Waals surface area contributed by atoms with Gasteiger partial charge in [0, 0.05) is 0 Å². The van der Waals surface area contributed by atoms with Gasteiger partial charge in [-0.15, -0.1) is 11.3 Å². The molecule has 1 aliphatic carbocycles. The lowest BCUT2D eigenvalue weighted by atomic mass is 10.0. The Balaban J connectivity index is 1.85. The monoisotopic (exact) mass is 338 g/mol. The molecule has 3 rings (SSSR count). The smallest absolute Gasteiger partial charge is 0.120 e. The first kappa shape index (κ1) is 13.1. The predicted octanol–water partition coefficient (Wildman–Crippen LogP) is 3.60. The third-order valence-electron chi connectivity index (χ3n) is 3.11. The molecule has 0 spiro atoms. The lowest BCUT2D eigenvalue weighted by molar-refractivity contribution is 0.302. The van der Waals surface area contributed by atoms with E-state index in [0.29, 0.717) is 6.10 Å². The number of thiophene rings is 1. The molecule has 3 N–H and O–H groups in total. The second kappa shape index (κ2) is 5.63. The summed E-state index contributed by atoms with van der Waals surface area (Å²) in [7, 11) is 0. The summed E-state index contributed by atoms with van der Waals surface area (Å²) >= 11 is 5.14. The van der Waals surface area contributed by atoms with Gasteiger partial charge in [-0.25, -0.2) is 5.43 Å². The van der Waals surface area contributed by atoms with Gasteiger partial charge in [0.15, 0.2) is 0 Å². The van der Waals surface area contributed by atoms with Crippen molar-refractivity contribution in [1.82, 2.24) is 5.43 Å². The zero-order valence-corrected chi connectivity index (χ0v) is 12.7. The van der Waals surface area contributed by atoms with Crippen LogP contribution in [0.1, 0.15) is 30.0 Å². The number of rotatable bonds is 5. The molecule has 1 unspecified atom stereocenters. The molecule has 0 aliphatic heterocycles. The van der Waals surface area contributed by atoms with Crippen molar-refractivity contribution < 1.29 is 4.74 Å². The number of nitrogens with one attached hydrogen (secondary N) is 1. The molecule has 1 atom stereocenters. The van der Waals surface area contributed by atoms with Gasteiger partial charge >= 0.3 is 0 Å². The van der Waals surface area contributed by atoms with Crippen LogP contribution in [0, 0.1) is 0 Å². The second-order valence-corrected chi connectivity index (χ2v) is 6.96. The van der Waals surface area contributed by atoms with Crippen molar-refractivity contribution in [1.29, 1.82) is 0 Å². The molecule has 2 aromatic rings. The van der Waals surface area contributed by atoms with Crippen LogP contribution in [0.5, 0.6) is 5.75 Å². The zero-order valence-electron chi connectivity index (χ0n) is 10.3. The number of hydrazine groups is 1. The van der Waals surface area contributed by atoms with E-state index < -0.39 is 0 Å². The minimum absolute atomic E-state index is 0.00898. The van der Waals surface area contributed by atoms with Gasteiger partial charge in [0.1, 0.15) is 5.75 Å². The summed E-state index contributed by atoms with van der Waals surface area (Å²) in [5.41, 5.74) is 5.15. The van der Waals surface area contributed by atoms with E-state index in [4.69, 9.17) is 10.6 Å². The fraction of sp³-hybridized carbons (Fsp3) is 0.286. The maximum absolute atomic E-state index is 5.83. The SMILES string of the molecule is NNC(c1cccc(OC2CC2)c1)c1csc(Br)c1. The van der Waals surface area contributed by atoms with Gasteiger partial charge in [-0.2, -0.15) is 0 Å². The van der Waals surface area contributed by atoms with E-state index in [1.54, 1.807) is 11.3 Å². The minimum Gasteiger partial charge on any atom is -0.490 e. The molecule has 0 saturated heterocycles. The molecule has 0 radical (unpaired) electrons. The van der Waals surface area contributed by atoms with Crippen molar-refractivity contribution in [3.05, 3.63) is 50.6 Å². The summed E-state index contributed by atoms with van der Waals surface area (Å²) < 4.78 is 6.93. The Hall–Kier alpha value is -0.880. The van der Waals surface area contributed by atoms with Gasteiger partial charge in [0.2, 0.25) is 0 Å². The molecule has 1 aromatic heterocycles. The molecule has 1 saturated carbocycles. The van der Waals surface area contributed by atoms with Gasteiger partial charge in [-0.3, -0.25) is 5.84 Å². The first-order valence-corrected chi connectivity index (χ1v) is 7.90. The molecule has 1 heterocycles. The largest absolute Gasteiger partial charge is 0.490 e. The van der Waals surface area contributed by atoms with Gasteiger partial charge in [0.05, 0.1) is 15.9 Å². The quantitative estimate of drug-likeness (QED) is 0.646. The molecular formula is C14H15BrN2OS. The zero-order chi connectivity index (χ0) is 13.2. The van der Waals surface area contributed by atoms with Crippen LogP contribution in [-0.4, -0.2) is 6.10 Å². The Morgan fingerprint density at radius 3 is 2.79 bits per heavy atom. The Kier molecular flexibility index (Phi) is 3.88. The lowest BCUT2D eigenvalue weighted by Gasteiger charge is -2.16. The fourth-order valence-electron chi connectivity index (χ4n) is 2.01. The van der Waals surface area contributed by atoms with E-state index in [1.807, 2.05) is 12.1 Å². The highest BCUT2D eigenvalue weighted by Gasteiger charge is 2.24. The Bertz CT molecular complexity index is 568. The van der Waals surface area contributed by atoms with Crippen LogP contribution < -0.4 is 16.0 Å². The number of halogens is 1. The van der Waals surface area contributed by atoms with Crippen LogP contribution in [0.4, 0.5) is 0 Å². The van der Waals surface area contributed by atoms with Crippen LogP contribution in [0.15, 0.2) is 39.5 Å². The molecular weight excluding hydrogens is 324 g/mol. The van der Waals surface area contributed by atoms with Crippen LogP contribution >= 0.6 is 27.3 Å². The van der Waals surface area contributed by atoms with E-state index in [9.17, 15) is 0 Å². The lowest BCUT2D eigenvalue weighted by Crippen LogP contribution is -2.28. The van der Waals surface area contributed by atoms with Crippen molar-refractivity contribution in [2.75, 3.05) is 0 Å². The van der Waals surface area contributed by atoms with Crippen molar-refractivity contribution >= 4 is 27.3 Å². The van der Waals surface area contributed by atoms with Crippen molar-refractivity contribution in [2.24, 2.45) is 5.84 Å². The average Bonchev–Trinajstić information content (AvgIpc) is 3.12. The van der Waals surface area contributed by atoms with Crippen molar-refractivity contribution in [3.63, 3.8) is 0 Å². The third-order valence-corrected chi connectivity index (χ3v) is 4.63. The molecule has 3 nitrogen and oxygen atoms in total.